The van der Waals surface area contributed by atoms with Gasteiger partial charge in [-0.2, -0.15) is 14.6 Å². The monoisotopic (exact) mass is 329 g/mol. The average Bonchev–Trinajstić information content (AvgIpc) is 3.02. The smallest absolute Gasteiger partial charge is 0.254 e. The number of piperazine rings is 1. The number of pyridine rings is 1. The van der Waals surface area contributed by atoms with Gasteiger partial charge in [0, 0.05) is 49.8 Å². The van der Waals surface area contributed by atoms with E-state index < -0.39 is 0 Å². The van der Waals surface area contributed by atoms with E-state index in [4.69, 9.17) is 11.6 Å². The standard InChI is InChI=1S/C15H16ClN7/c1-11-8-14(23-15(20-11)18-10-19-23)22-6-4-21(5-7-22)12-2-3-17-13(16)9-12/h2-3,8-10H,4-7H2,1H3. The van der Waals surface area contributed by atoms with Gasteiger partial charge in [-0.05, 0) is 19.1 Å². The van der Waals surface area contributed by atoms with Crippen LogP contribution in [-0.4, -0.2) is 50.7 Å². The maximum absolute atomic E-state index is 5.99. The second kappa shape index (κ2) is 5.66. The molecule has 1 aliphatic heterocycles. The minimum atomic E-state index is 0.527. The fourth-order valence-electron chi connectivity index (χ4n) is 2.92. The molecule has 0 spiro atoms. The van der Waals surface area contributed by atoms with Gasteiger partial charge in [0.1, 0.15) is 17.3 Å². The van der Waals surface area contributed by atoms with Crippen LogP contribution < -0.4 is 9.80 Å². The molecule has 4 rings (SSSR count). The van der Waals surface area contributed by atoms with Gasteiger partial charge in [0.25, 0.3) is 5.78 Å². The predicted octanol–water partition coefficient (Wildman–Crippen LogP) is 1.81. The third kappa shape index (κ3) is 2.68. The lowest BCUT2D eigenvalue weighted by atomic mass is 10.2. The largest absolute Gasteiger partial charge is 0.368 e. The number of hydrogen-bond donors (Lipinski definition) is 0. The number of aryl methyl sites for hydroxylation is 1. The van der Waals surface area contributed by atoms with Gasteiger partial charge in [-0.3, -0.25) is 0 Å². The van der Waals surface area contributed by atoms with Crippen molar-refractivity contribution in [3.05, 3.63) is 41.6 Å². The molecule has 0 aliphatic carbocycles. The first-order valence-corrected chi connectivity index (χ1v) is 7.87. The van der Waals surface area contributed by atoms with E-state index in [1.54, 1.807) is 17.0 Å². The Morgan fingerprint density at radius 3 is 2.61 bits per heavy atom. The molecule has 0 atom stereocenters. The Morgan fingerprint density at radius 1 is 1.04 bits per heavy atom. The normalized spacial score (nSPS) is 15.4. The molecule has 0 amide bonds. The Hall–Kier alpha value is -2.41. The quantitative estimate of drug-likeness (QED) is 0.668. The molecule has 118 valence electrons. The van der Waals surface area contributed by atoms with Crippen molar-refractivity contribution < 1.29 is 0 Å². The molecule has 23 heavy (non-hydrogen) atoms. The minimum absolute atomic E-state index is 0.527. The van der Waals surface area contributed by atoms with Crippen molar-refractivity contribution in [1.29, 1.82) is 0 Å². The lowest BCUT2D eigenvalue weighted by Gasteiger charge is -2.37. The molecular formula is C15H16ClN7. The van der Waals surface area contributed by atoms with Gasteiger partial charge < -0.3 is 9.80 Å². The fraction of sp³-hybridized carbons (Fsp3) is 0.333. The zero-order valence-electron chi connectivity index (χ0n) is 12.7. The molecule has 1 saturated heterocycles. The van der Waals surface area contributed by atoms with Crippen molar-refractivity contribution in [1.82, 2.24) is 24.6 Å². The number of fused-ring (bicyclic) bond motifs is 1. The van der Waals surface area contributed by atoms with Gasteiger partial charge in [0.2, 0.25) is 0 Å². The summed E-state index contributed by atoms with van der Waals surface area (Å²) in [5.74, 6) is 1.68. The first-order chi connectivity index (χ1) is 11.2. The Bertz CT molecular complexity index is 839. The molecule has 7 nitrogen and oxygen atoms in total. The summed E-state index contributed by atoms with van der Waals surface area (Å²) in [7, 11) is 0. The fourth-order valence-corrected chi connectivity index (χ4v) is 3.09. The molecule has 0 unspecified atom stereocenters. The summed E-state index contributed by atoms with van der Waals surface area (Å²) in [5.41, 5.74) is 2.06. The molecule has 3 aromatic rings. The predicted molar refractivity (Wildman–Crippen MR) is 89.2 cm³/mol. The topological polar surface area (TPSA) is 62.5 Å². The SMILES string of the molecule is Cc1cc(N2CCN(c3ccnc(Cl)c3)CC2)n2ncnc2n1. The Morgan fingerprint density at radius 2 is 1.83 bits per heavy atom. The summed E-state index contributed by atoms with van der Waals surface area (Å²) in [6.07, 6.45) is 3.29. The van der Waals surface area contributed by atoms with Gasteiger partial charge in [0.15, 0.2) is 0 Å². The summed E-state index contributed by atoms with van der Waals surface area (Å²) in [4.78, 5) is 17.3. The highest BCUT2D eigenvalue weighted by Gasteiger charge is 2.20. The van der Waals surface area contributed by atoms with E-state index in [-0.39, 0.29) is 0 Å². The van der Waals surface area contributed by atoms with Gasteiger partial charge in [-0.1, -0.05) is 11.6 Å². The van der Waals surface area contributed by atoms with Crippen LogP contribution in [0.25, 0.3) is 5.78 Å². The number of halogens is 1. The molecule has 1 aliphatic rings. The zero-order chi connectivity index (χ0) is 15.8. The molecule has 3 aromatic heterocycles. The van der Waals surface area contributed by atoms with E-state index in [2.05, 4.69) is 35.9 Å². The first-order valence-electron chi connectivity index (χ1n) is 7.49. The van der Waals surface area contributed by atoms with Crippen molar-refractivity contribution in [3.8, 4) is 0 Å². The van der Waals surface area contributed by atoms with Crippen LogP contribution in [0.5, 0.6) is 0 Å². The van der Waals surface area contributed by atoms with E-state index in [1.165, 1.54) is 0 Å². The van der Waals surface area contributed by atoms with Gasteiger partial charge >= 0.3 is 0 Å². The third-order valence-electron chi connectivity index (χ3n) is 4.04. The maximum atomic E-state index is 5.99. The molecule has 0 aromatic carbocycles. The van der Waals surface area contributed by atoms with Crippen LogP contribution in [0.15, 0.2) is 30.7 Å². The van der Waals surface area contributed by atoms with Gasteiger partial charge in [0.05, 0.1) is 0 Å². The molecule has 4 heterocycles. The Kier molecular flexibility index (Phi) is 3.49. The molecule has 0 radical (unpaired) electrons. The lowest BCUT2D eigenvalue weighted by Crippen LogP contribution is -2.47. The van der Waals surface area contributed by atoms with E-state index in [0.29, 0.717) is 10.9 Å². The summed E-state index contributed by atoms with van der Waals surface area (Å²) < 4.78 is 1.80. The van der Waals surface area contributed by atoms with Gasteiger partial charge in [-0.15, -0.1) is 0 Å². The van der Waals surface area contributed by atoms with Crippen LogP contribution in [0, 0.1) is 6.92 Å². The maximum Gasteiger partial charge on any atom is 0.254 e. The Balaban J connectivity index is 1.56. The summed E-state index contributed by atoms with van der Waals surface area (Å²) >= 11 is 5.99. The number of hydrogen-bond acceptors (Lipinski definition) is 6. The Labute approximate surface area is 138 Å². The van der Waals surface area contributed by atoms with E-state index >= 15 is 0 Å². The van der Waals surface area contributed by atoms with Crippen molar-refractivity contribution in [2.45, 2.75) is 6.92 Å². The second-order valence-corrected chi connectivity index (χ2v) is 5.93. The van der Waals surface area contributed by atoms with Crippen LogP contribution in [0.2, 0.25) is 5.15 Å². The van der Waals surface area contributed by atoms with Gasteiger partial charge in [-0.25, -0.2) is 9.97 Å². The van der Waals surface area contributed by atoms with E-state index in [9.17, 15) is 0 Å². The molecule has 8 heteroatoms. The first kappa shape index (κ1) is 14.2. The average molecular weight is 330 g/mol. The van der Waals surface area contributed by atoms with E-state index in [0.717, 1.165) is 43.4 Å². The van der Waals surface area contributed by atoms with Crippen molar-refractivity contribution in [3.63, 3.8) is 0 Å². The van der Waals surface area contributed by atoms with Crippen molar-refractivity contribution in [2.24, 2.45) is 0 Å². The zero-order valence-corrected chi connectivity index (χ0v) is 13.5. The highest BCUT2D eigenvalue weighted by Crippen LogP contribution is 2.22. The van der Waals surface area contributed by atoms with Crippen LogP contribution in [0.4, 0.5) is 11.5 Å². The summed E-state index contributed by atoms with van der Waals surface area (Å²) in [6, 6.07) is 5.96. The summed E-state index contributed by atoms with van der Waals surface area (Å²) in [6.45, 7) is 5.61. The number of rotatable bonds is 2. The molecule has 1 fully saturated rings. The molecule has 0 saturated carbocycles. The van der Waals surface area contributed by atoms with Crippen LogP contribution in [0.3, 0.4) is 0 Å². The number of aromatic nitrogens is 5. The molecule has 0 N–H and O–H groups in total. The third-order valence-corrected chi connectivity index (χ3v) is 4.25. The van der Waals surface area contributed by atoms with Crippen LogP contribution >= 0.6 is 11.6 Å². The second-order valence-electron chi connectivity index (χ2n) is 5.54. The summed E-state index contributed by atoms with van der Waals surface area (Å²) in [5, 5.41) is 4.81. The van der Waals surface area contributed by atoms with E-state index in [1.807, 2.05) is 19.1 Å². The number of nitrogens with zero attached hydrogens (tertiary/aromatic N) is 7. The molecule has 0 bridgehead atoms. The van der Waals surface area contributed by atoms with Crippen LogP contribution in [-0.2, 0) is 0 Å². The number of anilines is 2. The van der Waals surface area contributed by atoms with Crippen molar-refractivity contribution >= 4 is 28.9 Å². The minimum Gasteiger partial charge on any atom is -0.368 e. The van der Waals surface area contributed by atoms with Crippen LogP contribution in [0.1, 0.15) is 5.69 Å². The lowest BCUT2D eigenvalue weighted by molar-refractivity contribution is 0.638. The van der Waals surface area contributed by atoms with Crippen molar-refractivity contribution in [2.75, 3.05) is 36.0 Å². The highest BCUT2D eigenvalue weighted by molar-refractivity contribution is 6.29. The highest BCUT2D eigenvalue weighted by atomic mass is 35.5. The molecular weight excluding hydrogens is 314 g/mol.